The van der Waals surface area contributed by atoms with Gasteiger partial charge in [0.25, 0.3) is 0 Å². The van der Waals surface area contributed by atoms with Crippen LogP contribution in [0.15, 0.2) is 5.38 Å². The highest BCUT2D eigenvalue weighted by atomic mass is 32.1. The number of hydrogen-bond acceptors (Lipinski definition) is 4. The predicted molar refractivity (Wildman–Crippen MR) is 59.1 cm³/mol. The molecule has 0 spiro atoms. The Hall–Kier alpha value is -0.740. The zero-order valence-electron chi connectivity index (χ0n) is 9.03. The number of carbonyl (C=O) groups excluding carboxylic acids is 1. The topological polar surface area (TPSA) is 39.2 Å². The molecule has 2 rings (SSSR count). The molecule has 1 saturated heterocycles. The lowest BCUT2D eigenvalue weighted by Crippen LogP contribution is -2.22. The fraction of sp³-hybridized carbons (Fsp3) is 0.636. The van der Waals surface area contributed by atoms with Crippen molar-refractivity contribution in [3.63, 3.8) is 0 Å². The highest BCUT2D eigenvalue weighted by Gasteiger charge is 2.28. The summed E-state index contributed by atoms with van der Waals surface area (Å²) in [5.41, 5.74) is 0.989. The van der Waals surface area contributed by atoms with Gasteiger partial charge in [-0.2, -0.15) is 0 Å². The molecule has 82 valence electrons. The van der Waals surface area contributed by atoms with Gasteiger partial charge in [0.1, 0.15) is 11.1 Å². The van der Waals surface area contributed by atoms with Crippen LogP contribution in [0.1, 0.15) is 30.5 Å². The van der Waals surface area contributed by atoms with Gasteiger partial charge < -0.3 is 4.74 Å². The predicted octanol–water partition coefficient (Wildman–Crippen LogP) is 2.13. The Bertz CT molecular complexity index is 361. The third-order valence-electron chi connectivity index (χ3n) is 2.58. The number of rotatable bonds is 3. The summed E-state index contributed by atoms with van der Waals surface area (Å²) in [5.74, 6) is 0.175. The molecular weight excluding hydrogens is 210 g/mol. The molecule has 0 amide bonds. The molecule has 15 heavy (non-hydrogen) atoms. The van der Waals surface area contributed by atoms with E-state index in [9.17, 15) is 4.79 Å². The van der Waals surface area contributed by atoms with Crippen LogP contribution in [0.3, 0.4) is 0 Å². The van der Waals surface area contributed by atoms with Crippen molar-refractivity contribution in [3.05, 3.63) is 16.1 Å². The second kappa shape index (κ2) is 4.41. The molecule has 2 atom stereocenters. The number of ketones is 1. The Balaban J connectivity index is 1.92. The largest absolute Gasteiger partial charge is 0.367 e. The molecular formula is C11H15NO2S. The van der Waals surface area contributed by atoms with E-state index in [4.69, 9.17) is 4.74 Å². The lowest BCUT2D eigenvalue weighted by Gasteiger charge is -2.08. The van der Waals surface area contributed by atoms with E-state index in [-0.39, 0.29) is 18.0 Å². The summed E-state index contributed by atoms with van der Waals surface area (Å²) in [5, 5.41) is 2.88. The van der Waals surface area contributed by atoms with E-state index < -0.39 is 0 Å². The number of hydrogen-bond donors (Lipinski definition) is 0. The zero-order valence-corrected chi connectivity index (χ0v) is 9.84. The summed E-state index contributed by atoms with van der Waals surface area (Å²) in [6, 6.07) is 0. The van der Waals surface area contributed by atoms with Crippen molar-refractivity contribution >= 4 is 17.1 Å². The van der Waals surface area contributed by atoms with E-state index >= 15 is 0 Å². The molecule has 0 bridgehead atoms. The minimum absolute atomic E-state index is 0.175. The first-order valence-electron chi connectivity index (χ1n) is 5.24. The molecule has 2 unspecified atom stereocenters. The Morgan fingerprint density at radius 2 is 2.47 bits per heavy atom. The van der Waals surface area contributed by atoms with Crippen molar-refractivity contribution in [2.75, 3.05) is 0 Å². The second-order valence-electron chi connectivity index (χ2n) is 4.04. The van der Waals surface area contributed by atoms with Crippen LogP contribution in [0.5, 0.6) is 0 Å². The van der Waals surface area contributed by atoms with Gasteiger partial charge >= 0.3 is 0 Å². The standard InChI is InChI=1S/C11H15NO2S/c1-7-6-15-11(12-7)5-9(13)10-4-3-8(2)14-10/h6,8,10H,3-5H2,1-2H3. The average molecular weight is 225 g/mol. The van der Waals surface area contributed by atoms with Crippen LogP contribution < -0.4 is 0 Å². The van der Waals surface area contributed by atoms with Crippen molar-refractivity contribution < 1.29 is 9.53 Å². The van der Waals surface area contributed by atoms with Crippen LogP contribution in [0, 0.1) is 6.92 Å². The third-order valence-corrected chi connectivity index (χ3v) is 3.55. The van der Waals surface area contributed by atoms with Crippen LogP contribution in [-0.4, -0.2) is 23.0 Å². The molecule has 0 aromatic carbocycles. The molecule has 0 aliphatic carbocycles. The number of nitrogens with zero attached hydrogens (tertiary/aromatic N) is 1. The summed E-state index contributed by atoms with van der Waals surface area (Å²) >= 11 is 1.55. The van der Waals surface area contributed by atoms with Gasteiger partial charge in [0.05, 0.1) is 12.5 Å². The average Bonchev–Trinajstić information content (AvgIpc) is 2.75. The summed E-state index contributed by atoms with van der Waals surface area (Å²) in [7, 11) is 0. The molecule has 0 saturated carbocycles. The molecule has 3 nitrogen and oxygen atoms in total. The lowest BCUT2D eigenvalue weighted by molar-refractivity contribution is -0.128. The number of aryl methyl sites for hydroxylation is 1. The van der Waals surface area contributed by atoms with E-state index in [0.29, 0.717) is 6.42 Å². The maximum absolute atomic E-state index is 11.8. The monoisotopic (exact) mass is 225 g/mol. The van der Waals surface area contributed by atoms with Gasteiger partial charge in [-0.1, -0.05) is 0 Å². The van der Waals surface area contributed by atoms with Gasteiger partial charge in [-0.25, -0.2) is 4.98 Å². The van der Waals surface area contributed by atoms with Crippen molar-refractivity contribution in [2.45, 2.75) is 45.3 Å². The smallest absolute Gasteiger partial charge is 0.168 e. The van der Waals surface area contributed by atoms with Gasteiger partial charge in [0, 0.05) is 11.1 Å². The van der Waals surface area contributed by atoms with Gasteiger partial charge in [0.2, 0.25) is 0 Å². The first kappa shape index (κ1) is 10.8. The molecule has 1 fully saturated rings. The van der Waals surface area contributed by atoms with Crippen molar-refractivity contribution in [1.82, 2.24) is 4.98 Å². The first-order chi connectivity index (χ1) is 7.15. The summed E-state index contributed by atoms with van der Waals surface area (Å²) in [6.45, 7) is 3.96. The minimum atomic E-state index is -0.191. The molecule has 1 aliphatic heterocycles. The van der Waals surface area contributed by atoms with E-state index in [1.165, 1.54) is 0 Å². The maximum atomic E-state index is 11.8. The third kappa shape index (κ3) is 2.63. The molecule has 1 aromatic heterocycles. The maximum Gasteiger partial charge on any atom is 0.168 e. The Labute approximate surface area is 93.5 Å². The van der Waals surface area contributed by atoms with Gasteiger partial charge in [0.15, 0.2) is 5.78 Å². The minimum Gasteiger partial charge on any atom is -0.367 e. The Kier molecular flexibility index (Phi) is 3.17. The summed E-state index contributed by atoms with van der Waals surface area (Å²) in [4.78, 5) is 16.1. The first-order valence-corrected chi connectivity index (χ1v) is 6.12. The number of carbonyl (C=O) groups is 1. The molecule has 1 aliphatic rings. The number of aromatic nitrogens is 1. The van der Waals surface area contributed by atoms with Gasteiger partial charge in [-0.05, 0) is 26.7 Å². The SMILES string of the molecule is Cc1csc(CC(=O)C2CCC(C)O2)n1. The van der Waals surface area contributed by atoms with Gasteiger partial charge in [-0.15, -0.1) is 11.3 Å². The fourth-order valence-corrected chi connectivity index (χ4v) is 2.57. The Morgan fingerprint density at radius 1 is 1.67 bits per heavy atom. The number of ether oxygens (including phenoxy) is 1. The summed E-state index contributed by atoms with van der Waals surface area (Å²) < 4.78 is 5.53. The number of thiazole rings is 1. The number of Topliss-reactive ketones (excluding diaryl/α,β-unsaturated/α-hetero) is 1. The zero-order chi connectivity index (χ0) is 10.8. The van der Waals surface area contributed by atoms with E-state index in [1.54, 1.807) is 11.3 Å². The van der Waals surface area contributed by atoms with Gasteiger partial charge in [-0.3, -0.25) is 4.79 Å². The van der Waals surface area contributed by atoms with Crippen LogP contribution >= 0.6 is 11.3 Å². The van der Waals surface area contributed by atoms with E-state index in [1.807, 2.05) is 19.2 Å². The van der Waals surface area contributed by atoms with E-state index in [0.717, 1.165) is 23.5 Å². The van der Waals surface area contributed by atoms with Crippen LogP contribution in [-0.2, 0) is 16.0 Å². The van der Waals surface area contributed by atoms with Crippen LogP contribution in [0.25, 0.3) is 0 Å². The van der Waals surface area contributed by atoms with Crippen molar-refractivity contribution in [1.29, 1.82) is 0 Å². The quantitative estimate of drug-likeness (QED) is 0.791. The lowest BCUT2D eigenvalue weighted by atomic mass is 10.1. The Morgan fingerprint density at radius 3 is 3.00 bits per heavy atom. The van der Waals surface area contributed by atoms with Crippen LogP contribution in [0.2, 0.25) is 0 Å². The normalized spacial score (nSPS) is 25.7. The highest BCUT2D eigenvalue weighted by molar-refractivity contribution is 7.09. The summed E-state index contributed by atoms with van der Waals surface area (Å²) in [6.07, 6.45) is 2.33. The fourth-order valence-electron chi connectivity index (χ4n) is 1.79. The highest BCUT2D eigenvalue weighted by Crippen LogP contribution is 2.21. The van der Waals surface area contributed by atoms with E-state index in [2.05, 4.69) is 4.98 Å². The molecule has 0 radical (unpaired) electrons. The second-order valence-corrected chi connectivity index (χ2v) is 4.98. The van der Waals surface area contributed by atoms with Crippen molar-refractivity contribution in [3.8, 4) is 0 Å². The molecule has 1 aromatic rings. The van der Waals surface area contributed by atoms with Crippen molar-refractivity contribution in [2.24, 2.45) is 0 Å². The van der Waals surface area contributed by atoms with Crippen LogP contribution in [0.4, 0.5) is 0 Å². The molecule has 4 heteroatoms. The molecule has 0 N–H and O–H groups in total. The molecule has 2 heterocycles.